The summed E-state index contributed by atoms with van der Waals surface area (Å²) in [6.07, 6.45) is -3.49. The molecular formula is C22H20F3N3O3. The van der Waals surface area contributed by atoms with Crippen molar-refractivity contribution in [2.75, 3.05) is 10.6 Å². The van der Waals surface area contributed by atoms with E-state index in [1.54, 1.807) is 50.4 Å². The number of carbonyl (C=O) groups excluding carboxylic acids is 1. The van der Waals surface area contributed by atoms with Crippen LogP contribution in [0.5, 0.6) is 5.75 Å². The number of carbonyl (C=O) groups is 1. The van der Waals surface area contributed by atoms with Crippen LogP contribution in [0, 0.1) is 0 Å². The fraction of sp³-hybridized carbons (Fsp3) is 0.182. The molecule has 0 saturated carbocycles. The minimum Gasteiger partial charge on any atom is -0.490 e. The van der Waals surface area contributed by atoms with E-state index in [2.05, 4.69) is 15.6 Å². The molecule has 9 heteroatoms. The van der Waals surface area contributed by atoms with Crippen molar-refractivity contribution in [2.24, 2.45) is 0 Å². The third-order valence-corrected chi connectivity index (χ3v) is 4.17. The first-order valence-electron chi connectivity index (χ1n) is 9.37. The number of rotatable bonds is 5. The van der Waals surface area contributed by atoms with Gasteiger partial charge in [-0.15, -0.1) is 0 Å². The van der Waals surface area contributed by atoms with Crippen molar-refractivity contribution in [3.63, 3.8) is 0 Å². The minimum atomic E-state index is -4.63. The maximum atomic E-state index is 13.3. The van der Waals surface area contributed by atoms with Gasteiger partial charge in [0.25, 0.3) is 0 Å². The van der Waals surface area contributed by atoms with Gasteiger partial charge in [0.05, 0.1) is 11.7 Å². The average molecular weight is 431 g/mol. The van der Waals surface area contributed by atoms with Crippen LogP contribution in [0.25, 0.3) is 11.1 Å². The number of H-pyrrole nitrogens is 1. The summed E-state index contributed by atoms with van der Waals surface area (Å²) in [6, 6.07) is 12.5. The molecule has 0 fully saturated rings. The van der Waals surface area contributed by atoms with Gasteiger partial charge in [0.15, 0.2) is 0 Å². The summed E-state index contributed by atoms with van der Waals surface area (Å²) < 4.78 is 45.2. The SMILES string of the molecule is CC(C)Oc1ccc(NC(=O)Nc2ccc(-c3ccc(=O)[nH]c3)cc2)cc1C(F)(F)F. The number of pyridine rings is 1. The van der Waals surface area contributed by atoms with Crippen molar-refractivity contribution < 1.29 is 22.7 Å². The lowest BCUT2D eigenvalue weighted by molar-refractivity contribution is -0.139. The molecule has 2 amide bonds. The number of halogens is 3. The number of amides is 2. The van der Waals surface area contributed by atoms with Crippen molar-refractivity contribution in [3.8, 4) is 16.9 Å². The number of nitrogens with one attached hydrogen (secondary N) is 3. The van der Waals surface area contributed by atoms with Gasteiger partial charge in [0, 0.05) is 23.6 Å². The largest absolute Gasteiger partial charge is 0.490 e. The summed E-state index contributed by atoms with van der Waals surface area (Å²) in [4.78, 5) is 25.9. The molecule has 0 saturated heterocycles. The van der Waals surface area contributed by atoms with Crippen LogP contribution < -0.4 is 20.9 Å². The summed E-state index contributed by atoms with van der Waals surface area (Å²) >= 11 is 0. The molecule has 1 aromatic heterocycles. The van der Waals surface area contributed by atoms with Crippen molar-refractivity contribution in [1.82, 2.24) is 4.98 Å². The van der Waals surface area contributed by atoms with Gasteiger partial charge in [-0.25, -0.2) is 4.79 Å². The molecule has 2 aromatic carbocycles. The van der Waals surface area contributed by atoms with Crippen LogP contribution >= 0.6 is 0 Å². The Bertz CT molecular complexity index is 1100. The fourth-order valence-corrected chi connectivity index (χ4v) is 2.82. The number of alkyl halides is 3. The highest BCUT2D eigenvalue weighted by atomic mass is 19.4. The Balaban J connectivity index is 1.70. The van der Waals surface area contributed by atoms with Gasteiger partial charge < -0.3 is 20.4 Å². The quantitative estimate of drug-likeness (QED) is 0.499. The fourth-order valence-electron chi connectivity index (χ4n) is 2.82. The first-order chi connectivity index (χ1) is 14.6. The van der Waals surface area contributed by atoms with Crippen molar-refractivity contribution in [1.29, 1.82) is 0 Å². The molecule has 31 heavy (non-hydrogen) atoms. The summed E-state index contributed by atoms with van der Waals surface area (Å²) in [5.41, 5.74) is 0.851. The van der Waals surface area contributed by atoms with Gasteiger partial charge >= 0.3 is 12.2 Å². The molecule has 0 aliphatic carbocycles. The lowest BCUT2D eigenvalue weighted by atomic mass is 10.1. The summed E-state index contributed by atoms with van der Waals surface area (Å²) in [5, 5.41) is 4.95. The Labute approximate surface area is 176 Å². The molecule has 0 spiro atoms. The summed E-state index contributed by atoms with van der Waals surface area (Å²) in [5.74, 6) is -0.300. The number of aromatic amines is 1. The van der Waals surface area contributed by atoms with Gasteiger partial charge in [0.1, 0.15) is 5.75 Å². The molecule has 0 bridgehead atoms. The molecule has 3 aromatic rings. The van der Waals surface area contributed by atoms with Crippen molar-refractivity contribution in [3.05, 3.63) is 76.7 Å². The van der Waals surface area contributed by atoms with Crippen molar-refractivity contribution in [2.45, 2.75) is 26.1 Å². The zero-order valence-electron chi connectivity index (χ0n) is 16.7. The van der Waals surface area contributed by atoms with Crippen molar-refractivity contribution >= 4 is 17.4 Å². The highest BCUT2D eigenvalue weighted by Gasteiger charge is 2.35. The molecule has 0 unspecified atom stereocenters. The molecule has 1 heterocycles. The number of hydrogen-bond donors (Lipinski definition) is 3. The Morgan fingerprint density at radius 2 is 1.55 bits per heavy atom. The van der Waals surface area contributed by atoms with E-state index in [-0.39, 0.29) is 17.0 Å². The predicted octanol–water partition coefficient (Wildman–Crippen LogP) is 5.49. The van der Waals surface area contributed by atoms with Gasteiger partial charge in [-0.2, -0.15) is 13.2 Å². The zero-order valence-corrected chi connectivity index (χ0v) is 16.7. The highest BCUT2D eigenvalue weighted by Crippen LogP contribution is 2.38. The molecule has 0 atom stereocenters. The second-order valence-corrected chi connectivity index (χ2v) is 6.97. The number of benzene rings is 2. The van der Waals surface area contributed by atoms with Crippen LogP contribution in [-0.4, -0.2) is 17.1 Å². The first-order valence-corrected chi connectivity index (χ1v) is 9.37. The van der Waals surface area contributed by atoms with E-state index >= 15 is 0 Å². The normalized spacial score (nSPS) is 11.3. The number of ether oxygens (including phenoxy) is 1. The zero-order chi connectivity index (χ0) is 22.6. The number of urea groups is 1. The lowest BCUT2D eigenvalue weighted by Gasteiger charge is -2.17. The van der Waals surface area contributed by atoms with E-state index in [9.17, 15) is 22.8 Å². The number of anilines is 2. The van der Waals surface area contributed by atoms with Gasteiger partial charge in [-0.3, -0.25) is 4.79 Å². The number of hydrogen-bond acceptors (Lipinski definition) is 3. The van der Waals surface area contributed by atoms with Gasteiger partial charge in [-0.05, 0) is 61.4 Å². The standard InChI is InChI=1S/C22H20F3N3O3/c1-13(2)31-19-9-8-17(11-18(19)22(23,24)25)28-21(30)27-16-6-3-14(4-7-16)15-5-10-20(29)26-12-15/h3-13H,1-2H3,(H,26,29)(H2,27,28,30). The monoisotopic (exact) mass is 431 g/mol. The van der Waals surface area contributed by atoms with Crippen LogP contribution in [0.3, 0.4) is 0 Å². The molecule has 3 rings (SSSR count). The molecule has 0 radical (unpaired) electrons. The molecule has 6 nitrogen and oxygen atoms in total. The van der Waals surface area contributed by atoms with E-state index in [1.807, 2.05) is 0 Å². The van der Waals surface area contributed by atoms with E-state index in [0.717, 1.165) is 17.2 Å². The Morgan fingerprint density at radius 1 is 0.935 bits per heavy atom. The Morgan fingerprint density at radius 3 is 2.13 bits per heavy atom. The van der Waals surface area contributed by atoms with E-state index in [4.69, 9.17) is 4.74 Å². The van der Waals surface area contributed by atoms with Crippen LogP contribution in [0.2, 0.25) is 0 Å². The smallest absolute Gasteiger partial charge is 0.420 e. The van der Waals surface area contributed by atoms with E-state index in [1.165, 1.54) is 18.2 Å². The second-order valence-electron chi connectivity index (χ2n) is 6.97. The predicted molar refractivity (Wildman–Crippen MR) is 112 cm³/mol. The van der Waals surface area contributed by atoms with E-state index < -0.39 is 23.9 Å². The Kier molecular flexibility index (Phi) is 6.33. The summed E-state index contributed by atoms with van der Waals surface area (Å²) in [6.45, 7) is 3.25. The molecule has 0 aliphatic heterocycles. The molecule has 0 aliphatic rings. The van der Waals surface area contributed by atoms with E-state index in [0.29, 0.717) is 5.69 Å². The third-order valence-electron chi connectivity index (χ3n) is 4.17. The molecule has 162 valence electrons. The number of aromatic nitrogens is 1. The maximum absolute atomic E-state index is 13.3. The topological polar surface area (TPSA) is 83.2 Å². The summed E-state index contributed by atoms with van der Waals surface area (Å²) in [7, 11) is 0. The van der Waals surface area contributed by atoms with Crippen LogP contribution in [-0.2, 0) is 6.18 Å². The average Bonchev–Trinajstić information content (AvgIpc) is 2.69. The van der Waals surface area contributed by atoms with Crippen LogP contribution in [0.4, 0.5) is 29.3 Å². The second kappa shape index (κ2) is 8.95. The molecular weight excluding hydrogens is 411 g/mol. The lowest BCUT2D eigenvalue weighted by Crippen LogP contribution is -2.20. The minimum absolute atomic E-state index is 0.0224. The third kappa shape index (κ3) is 5.88. The van der Waals surface area contributed by atoms with Gasteiger partial charge in [0.2, 0.25) is 5.56 Å². The van der Waals surface area contributed by atoms with Gasteiger partial charge in [-0.1, -0.05) is 12.1 Å². The first kappa shape index (κ1) is 21.9. The van der Waals surface area contributed by atoms with Crippen LogP contribution in [0.15, 0.2) is 65.6 Å². The Hall–Kier alpha value is -3.75. The van der Waals surface area contributed by atoms with Crippen LogP contribution in [0.1, 0.15) is 19.4 Å². The molecule has 3 N–H and O–H groups in total. The highest BCUT2D eigenvalue weighted by molar-refractivity contribution is 6.00. The maximum Gasteiger partial charge on any atom is 0.420 e.